The first-order valence-electron chi connectivity index (χ1n) is 7.68. The third-order valence-electron chi connectivity index (χ3n) is 3.98. The zero-order valence-corrected chi connectivity index (χ0v) is 13.7. The van der Waals surface area contributed by atoms with Gasteiger partial charge in [-0.15, -0.1) is 0 Å². The van der Waals surface area contributed by atoms with Crippen LogP contribution >= 0.6 is 0 Å². The van der Waals surface area contributed by atoms with Crippen LogP contribution in [0.5, 0.6) is 0 Å². The Morgan fingerprint density at radius 2 is 2.00 bits per heavy atom. The van der Waals surface area contributed by atoms with Gasteiger partial charge in [0.05, 0.1) is 6.61 Å². The zero-order valence-electron chi connectivity index (χ0n) is 13.7. The molecule has 0 aromatic rings. The van der Waals surface area contributed by atoms with E-state index in [4.69, 9.17) is 19.9 Å². The molecule has 3 amide bonds. The number of hydrogen-bond donors (Lipinski definition) is 4. The Bertz CT molecular complexity index is 515. The van der Waals surface area contributed by atoms with Crippen molar-refractivity contribution in [3.05, 3.63) is 0 Å². The van der Waals surface area contributed by atoms with E-state index in [9.17, 15) is 19.5 Å². The maximum atomic E-state index is 12.1. The predicted molar refractivity (Wildman–Crippen MR) is 79.4 cm³/mol. The monoisotopic (exact) mass is 345 g/mol. The van der Waals surface area contributed by atoms with E-state index in [-0.39, 0.29) is 12.5 Å². The number of aliphatic hydroxyl groups is 1. The van der Waals surface area contributed by atoms with E-state index < -0.39 is 54.6 Å². The fourth-order valence-corrected chi connectivity index (χ4v) is 2.64. The Morgan fingerprint density at radius 3 is 2.58 bits per heavy atom. The second-order valence-corrected chi connectivity index (χ2v) is 5.97. The van der Waals surface area contributed by atoms with E-state index in [0.29, 0.717) is 0 Å². The normalized spacial score (nSPS) is 34.2. The number of amides is 3. The summed E-state index contributed by atoms with van der Waals surface area (Å²) in [6, 6.07) is -1.62. The smallest absolute Gasteiger partial charge is 0.249 e. The van der Waals surface area contributed by atoms with Gasteiger partial charge in [0.2, 0.25) is 17.7 Å². The van der Waals surface area contributed by atoms with E-state index in [1.165, 1.54) is 20.8 Å². The summed E-state index contributed by atoms with van der Waals surface area (Å²) >= 11 is 0. The van der Waals surface area contributed by atoms with Crippen molar-refractivity contribution >= 4 is 17.7 Å². The molecule has 2 bridgehead atoms. The molecular weight excluding hydrogens is 322 g/mol. The number of primary amides is 1. The lowest BCUT2D eigenvalue weighted by Crippen LogP contribution is -2.62. The van der Waals surface area contributed by atoms with Crippen LogP contribution in [-0.4, -0.2) is 72.2 Å². The van der Waals surface area contributed by atoms with E-state index in [0.717, 1.165) is 0 Å². The van der Waals surface area contributed by atoms with Gasteiger partial charge in [0.15, 0.2) is 6.29 Å². The maximum absolute atomic E-state index is 12.1. The van der Waals surface area contributed by atoms with Crippen molar-refractivity contribution in [2.75, 3.05) is 6.61 Å². The van der Waals surface area contributed by atoms with Crippen molar-refractivity contribution < 1.29 is 33.7 Å². The van der Waals surface area contributed by atoms with Gasteiger partial charge in [0.1, 0.15) is 36.5 Å². The van der Waals surface area contributed by atoms with E-state index in [1.54, 1.807) is 0 Å². The molecule has 2 saturated heterocycles. The lowest BCUT2D eigenvalue weighted by atomic mass is 9.98. The minimum absolute atomic E-state index is 0.168. The molecule has 7 atom stereocenters. The van der Waals surface area contributed by atoms with Crippen molar-refractivity contribution in [3.63, 3.8) is 0 Å². The number of carbonyl (C=O) groups is 3. The van der Waals surface area contributed by atoms with Gasteiger partial charge in [-0.2, -0.15) is 0 Å². The molecule has 2 aliphatic rings. The largest absolute Gasteiger partial charge is 0.388 e. The van der Waals surface area contributed by atoms with Crippen molar-refractivity contribution in [2.24, 2.45) is 5.73 Å². The van der Waals surface area contributed by atoms with Gasteiger partial charge < -0.3 is 35.7 Å². The second kappa shape index (κ2) is 7.43. The highest BCUT2D eigenvalue weighted by Gasteiger charge is 2.52. The van der Waals surface area contributed by atoms with Gasteiger partial charge in [-0.1, -0.05) is 0 Å². The summed E-state index contributed by atoms with van der Waals surface area (Å²) in [5.41, 5.74) is 5.10. The Balaban J connectivity index is 2.05. The van der Waals surface area contributed by atoms with Crippen LogP contribution in [0.1, 0.15) is 20.8 Å². The summed E-state index contributed by atoms with van der Waals surface area (Å²) in [6.45, 7) is 4.40. The highest BCUT2D eigenvalue weighted by Crippen LogP contribution is 2.30. The van der Waals surface area contributed by atoms with Crippen LogP contribution in [0.3, 0.4) is 0 Å². The number of rotatable bonds is 6. The molecule has 0 saturated carbocycles. The molecule has 5 N–H and O–H groups in total. The third kappa shape index (κ3) is 4.01. The van der Waals surface area contributed by atoms with Crippen molar-refractivity contribution in [2.45, 2.75) is 63.6 Å². The highest BCUT2D eigenvalue weighted by molar-refractivity contribution is 5.88. The Morgan fingerprint density at radius 1 is 1.33 bits per heavy atom. The molecular formula is C14H23N3O7. The van der Waals surface area contributed by atoms with Crippen LogP contribution in [0.15, 0.2) is 0 Å². The average molecular weight is 345 g/mol. The first-order valence-corrected chi connectivity index (χ1v) is 7.68. The third-order valence-corrected chi connectivity index (χ3v) is 3.98. The fraction of sp³-hybridized carbons (Fsp3) is 0.786. The number of aliphatic hydroxyl groups excluding tert-OH is 1. The van der Waals surface area contributed by atoms with E-state index in [1.807, 2.05) is 0 Å². The number of carbonyl (C=O) groups excluding carboxylic acids is 3. The molecule has 10 nitrogen and oxygen atoms in total. The molecule has 0 unspecified atom stereocenters. The molecule has 0 spiro atoms. The number of ether oxygens (including phenoxy) is 3. The molecule has 0 aliphatic carbocycles. The minimum atomic E-state index is -1.08. The average Bonchev–Trinajstić information content (AvgIpc) is 2.94. The molecule has 2 aliphatic heterocycles. The topological polar surface area (TPSA) is 149 Å². The van der Waals surface area contributed by atoms with Gasteiger partial charge in [-0.3, -0.25) is 14.4 Å². The molecule has 0 aromatic heterocycles. The number of nitrogens with one attached hydrogen (secondary N) is 2. The molecule has 0 aromatic carbocycles. The standard InChI is InChI=1S/C14H23N3O7/c1-5(12(15)20)16-13(21)6(2)23-11-9(17-7(3)18)14-22-4-8(24-14)10(11)19/h5-6,8-11,14,19H,4H2,1-3H3,(H2,15,20)(H,16,21)(H,17,18)/t5-,6+,8+,9+,10+,11+,14+/m0/s1. The predicted octanol–water partition coefficient (Wildman–Crippen LogP) is -2.63. The van der Waals surface area contributed by atoms with Crippen LogP contribution < -0.4 is 16.4 Å². The molecule has 10 heteroatoms. The summed E-state index contributed by atoms with van der Waals surface area (Å²) in [7, 11) is 0. The second-order valence-electron chi connectivity index (χ2n) is 5.97. The Kier molecular flexibility index (Phi) is 5.75. The quantitative estimate of drug-likeness (QED) is 0.411. The minimum Gasteiger partial charge on any atom is -0.388 e. The van der Waals surface area contributed by atoms with Crippen molar-refractivity contribution in [1.82, 2.24) is 10.6 Å². The fourth-order valence-electron chi connectivity index (χ4n) is 2.64. The van der Waals surface area contributed by atoms with Crippen LogP contribution in [0.25, 0.3) is 0 Å². The van der Waals surface area contributed by atoms with E-state index >= 15 is 0 Å². The summed E-state index contributed by atoms with van der Waals surface area (Å²) in [4.78, 5) is 34.5. The number of nitrogens with two attached hydrogens (primary N) is 1. The number of hydrogen-bond acceptors (Lipinski definition) is 7. The lowest BCUT2D eigenvalue weighted by molar-refractivity contribution is -0.209. The van der Waals surface area contributed by atoms with Gasteiger partial charge in [0, 0.05) is 6.92 Å². The first kappa shape index (κ1) is 18.6. The molecule has 136 valence electrons. The van der Waals surface area contributed by atoms with Gasteiger partial charge >= 0.3 is 0 Å². The van der Waals surface area contributed by atoms with Crippen LogP contribution in [0.4, 0.5) is 0 Å². The summed E-state index contributed by atoms with van der Waals surface area (Å²) < 4.78 is 16.5. The highest BCUT2D eigenvalue weighted by atomic mass is 16.7. The van der Waals surface area contributed by atoms with Gasteiger partial charge in [-0.05, 0) is 13.8 Å². The lowest BCUT2D eigenvalue weighted by Gasteiger charge is -2.39. The molecule has 0 radical (unpaired) electrons. The Labute approximate surface area is 139 Å². The summed E-state index contributed by atoms with van der Waals surface area (Å²) in [6.07, 6.45) is -4.31. The Hall–Kier alpha value is -1.75. The van der Waals surface area contributed by atoms with E-state index in [2.05, 4.69) is 10.6 Å². The molecule has 2 heterocycles. The van der Waals surface area contributed by atoms with Gasteiger partial charge in [-0.25, -0.2) is 0 Å². The maximum Gasteiger partial charge on any atom is 0.249 e. The zero-order chi connectivity index (χ0) is 18.0. The molecule has 24 heavy (non-hydrogen) atoms. The SMILES string of the molecule is CC(=O)N[C@H]1[C@@H]2OC[C@@H](O2)[C@@H](O)[C@@H]1O[C@H](C)C(=O)N[C@@H](C)C(N)=O. The van der Waals surface area contributed by atoms with Crippen LogP contribution in [0, 0.1) is 0 Å². The van der Waals surface area contributed by atoms with Crippen molar-refractivity contribution in [3.8, 4) is 0 Å². The summed E-state index contributed by atoms with van der Waals surface area (Å²) in [5, 5.41) is 15.4. The van der Waals surface area contributed by atoms with Crippen LogP contribution in [0.2, 0.25) is 0 Å². The number of fused-ring (bicyclic) bond motifs is 2. The van der Waals surface area contributed by atoms with Gasteiger partial charge in [0.25, 0.3) is 0 Å². The first-order chi connectivity index (χ1) is 11.2. The molecule has 2 rings (SSSR count). The van der Waals surface area contributed by atoms with Crippen LogP contribution in [-0.2, 0) is 28.6 Å². The molecule has 2 fully saturated rings. The summed E-state index contributed by atoms with van der Waals surface area (Å²) in [5.74, 6) is -1.59. The van der Waals surface area contributed by atoms with Crippen molar-refractivity contribution in [1.29, 1.82) is 0 Å².